The molecule has 1 fully saturated rings. The lowest BCUT2D eigenvalue weighted by molar-refractivity contribution is -0.402. The summed E-state index contributed by atoms with van der Waals surface area (Å²) in [4.78, 5) is 1.76. The molecule has 32 heavy (non-hydrogen) atoms. The minimum absolute atomic E-state index is 0.134. The molecule has 0 radical (unpaired) electrons. The van der Waals surface area contributed by atoms with Crippen LogP contribution in [0.3, 0.4) is 0 Å². The van der Waals surface area contributed by atoms with Crippen molar-refractivity contribution in [2.45, 2.75) is 68.4 Å². The molecular weight excluding hydrogens is 481 g/mol. The van der Waals surface area contributed by atoms with Crippen LogP contribution in [0.5, 0.6) is 0 Å². The normalized spacial score (nSPS) is 19.3. The van der Waals surface area contributed by atoms with Crippen LogP contribution in [0.15, 0.2) is 0 Å². The number of hydrogen-bond donors (Lipinski definition) is 0. The molecule has 0 N–H and O–H groups in total. The van der Waals surface area contributed by atoms with Crippen LogP contribution in [0.4, 0.5) is 57.1 Å². The molecule has 0 aromatic heterocycles. The highest BCUT2D eigenvalue weighted by atomic mass is 19.4. The first-order valence-electron chi connectivity index (χ1n) is 9.39. The summed E-state index contributed by atoms with van der Waals surface area (Å²) in [6, 6.07) is 0. The predicted octanol–water partition coefficient (Wildman–Crippen LogP) is 6.25. The van der Waals surface area contributed by atoms with Gasteiger partial charge in [-0.15, -0.1) is 0 Å². The van der Waals surface area contributed by atoms with Crippen LogP contribution in [0.1, 0.15) is 32.6 Å². The molecule has 1 unspecified atom stereocenters. The molecule has 0 aromatic rings. The molecule has 1 saturated heterocycles. The summed E-state index contributed by atoms with van der Waals surface area (Å²) < 4.78 is 176. The summed E-state index contributed by atoms with van der Waals surface area (Å²) in [5, 5.41) is 0. The number of nitrogens with zero attached hydrogens (tertiary/aromatic N) is 1. The molecule has 0 aliphatic carbocycles. The Hall–Kier alpha value is -0.990. The maximum atomic E-state index is 14.0. The average molecular weight is 503 g/mol. The summed E-state index contributed by atoms with van der Waals surface area (Å²) in [7, 11) is 0. The van der Waals surface area contributed by atoms with E-state index in [1.165, 1.54) is 6.92 Å². The fourth-order valence-corrected chi connectivity index (χ4v) is 3.38. The Labute approximate surface area is 175 Å². The predicted molar refractivity (Wildman–Crippen MR) is 85.7 cm³/mol. The smallest absolute Gasteiger partial charge is 0.379 e. The maximum Gasteiger partial charge on any atom is 0.437 e. The standard InChI is InChI=1S/C17H22F13NO/c1-11(9-31-4-6-32-7-5-31)8-12(18,19)2-3-13(20,21)10-14(22,23)15(24,16(25,26)27)17(28,29)30/h11H,2-10H2,1H3. The number of morpholine rings is 1. The molecule has 1 aliphatic rings. The van der Waals surface area contributed by atoms with Gasteiger partial charge in [-0.3, -0.25) is 4.90 Å². The maximum absolute atomic E-state index is 14.0. The van der Waals surface area contributed by atoms with Crippen LogP contribution in [-0.4, -0.2) is 73.5 Å². The third kappa shape index (κ3) is 7.26. The second kappa shape index (κ2) is 9.71. The van der Waals surface area contributed by atoms with Gasteiger partial charge in [-0.25, -0.2) is 30.7 Å². The Morgan fingerprint density at radius 2 is 1.16 bits per heavy atom. The van der Waals surface area contributed by atoms with E-state index in [2.05, 4.69) is 0 Å². The van der Waals surface area contributed by atoms with E-state index in [1.54, 1.807) is 4.90 Å². The highest BCUT2D eigenvalue weighted by molar-refractivity contribution is 5.06. The number of hydrogen-bond acceptors (Lipinski definition) is 2. The Kier molecular flexibility index (Phi) is 8.81. The molecule has 0 spiro atoms. The average Bonchev–Trinajstić information content (AvgIpc) is 2.57. The zero-order chi connectivity index (χ0) is 25.2. The molecule has 0 aromatic carbocycles. The van der Waals surface area contributed by atoms with Crippen LogP contribution in [0.25, 0.3) is 0 Å². The summed E-state index contributed by atoms with van der Waals surface area (Å²) in [5.41, 5.74) is -7.27. The third-order valence-electron chi connectivity index (χ3n) is 4.94. The van der Waals surface area contributed by atoms with Gasteiger partial charge in [-0.2, -0.15) is 26.3 Å². The molecule has 0 saturated carbocycles. The second-order valence-corrected chi connectivity index (χ2v) is 7.97. The lowest BCUT2D eigenvalue weighted by Crippen LogP contribution is -2.65. The van der Waals surface area contributed by atoms with Crippen molar-refractivity contribution in [2.24, 2.45) is 5.92 Å². The van der Waals surface area contributed by atoms with Crippen LogP contribution >= 0.6 is 0 Å². The van der Waals surface area contributed by atoms with Gasteiger partial charge in [0.15, 0.2) is 0 Å². The highest BCUT2D eigenvalue weighted by Crippen LogP contribution is 2.57. The summed E-state index contributed by atoms with van der Waals surface area (Å²) in [5.74, 6) is -16.4. The molecule has 15 heteroatoms. The summed E-state index contributed by atoms with van der Waals surface area (Å²) in [6.07, 6.45) is -23.0. The zero-order valence-electron chi connectivity index (χ0n) is 16.7. The van der Waals surface area contributed by atoms with Gasteiger partial charge in [-0.1, -0.05) is 6.92 Å². The first kappa shape index (κ1) is 29.0. The first-order valence-corrected chi connectivity index (χ1v) is 9.39. The SMILES string of the molecule is CC(CN1CCOCC1)CC(F)(F)CCC(F)(F)CC(F)(F)C(F)(C(F)(F)F)C(F)(F)F. The van der Waals surface area contributed by atoms with E-state index in [9.17, 15) is 57.1 Å². The molecule has 0 amide bonds. The van der Waals surface area contributed by atoms with E-state index < -0.39 is 67.4 Å². The monoisotopic (exact) mass is 503 g/mol. The molecular formula is C17H22F13NO. The van der Waals surface area contributed by atoms with Crippen molar-refractivity contribution in [3.8, 4) is 0 Å². The Balaban J connectivity index is 2.79. The fourth-order valence-electron chi connectivity index (χ4n) is 3.38. The minimum Gasteiger partial charge on any atom is -0.379 e. The molecule has 2 nitrogen and oxygen atoms in total. The molecule has 1 heterocycles. The van der Waals surface area contributed by atoms with E-state index in [0.717, 1.165) is 0 Å². The Bertz CT molecular complexity index is 582. The number of ether oxygens (including phenoxy) is 1. The van der Waals surface area contributed by atoms with E-state index in [0.29, 0.717) is 26.3 Å². The topological polar surface area (TPSA) is 12.5 Å². The highest BCUT2D eigenvalue weighted by Gasteiger charge is 2.84. The van der Waals surface area contributed by atoms with E-state index >= 15 is 0 Å². The van der Waals surface area contributed by atoms with Crippen LogP contribution in [-0.2, 0) is 4.74 Å². The Morgan fingerprint density at radius 1 is 0.719 bits per heavy atom. The van der Waals surface area contributed by atoms with Gasteiger partial charge in [-0.05, 0) is 5.92 Å². The molecule has 1 atom stereocenters. The van der Waals surface area contributed by atoms with Crippen LogP contribution in [0.2, 0.25) is 0 Å². The van der Waals surface area contributed by atoms with Gasteiger partial charge in [0.25, 0.3) is 5.92 Å². The number of rotatable bonds is 10. The fraction of sp³-hybridized carbons (Fsp3) is 1.00. The number of alkyl halides is 13. The molecule has 1 rings (SSSR count). The Morgan fingerprint density at radius 3 is 1.59 bits per heavy atom. The first-order chi connectivity index (χ1) is 14.1. The number of halogens is 13. The zero-order valence-corrected chi connectivity index (χ0v) is 16.7. The molecule has 1 aliphatic heterocycles. The molecule has 192 valence electrons. The van der Waals surface area contributed by atoms with Gasteiger partial charge in [0, 0.05) is 38.9 Å². The second-order valence-electron chi connectivity index (χ2n) is 7.97. The van der Waals surface area contributed by atoms with Gasteiger partial charge in [0.2, 0.25) is 5.92 Å². The van der Waals surface area contributed by atoms with Crippen molar-refractivity contribution >= 4 is 0 Å². The summed E-state index contributed by atoms with van der Waals surface area (Å²) in [6.45, 7) is 3.08. The lowest BCUT2D eigenvalue weighted by Gasteiger charge is -2.37. The van der Waals surface area contributed by atoms with Gasteiger partial charge in [0.05, 0.1) is 19.6 Å². The summed E-state index contributed by atoms with van der Waals surface area (Å²) >= 11 is 0. The van der Waals surface area contributed by atoms with E-state index in [-0.39, 0.29) is 6.54 Å². The molecule has 0 bridgehead atoms. The van der Waals surface area contributed by atoms with Crippen LogP contribution < -0.4 is 0 Å². The van der Waals surface area contributed by atoms with E-state index in [4.69, 9.17) is 4.74 Å². The van der Waals surface area contributed by atoms with Gasteiger partial charge in [0.1, 0.15) is 0 Å². The van der Waals surface area contributed by atoms with Crippen molar-refractivity contribution in [1.82, 2.24) is 4.90 Å². The van der Waals surface area contributed by atoms with Gasteiger partial charge < -0.3 is 4.74 Å². The quantitative estimate of drug-likeness (QED) is 0.327. The van der Waals surface area contributed by atoms with Crippen molar-refractivity contribution in [2.75, 3.05) is 32.8 Å². The van der Waals surface area contributed by atoms with E-state index in [1.807, 2.05) is 0 Å². The van der Waals surface area contributed by atoms with Crippen LogP contribution in [0, 0.1) is 5.92 Å². The van der Waals surface area contributed by atoms with Gasteiger partial charge >= 0.3 is 23.9 Å². The van der Waals surface area contributed by atoms with Crippen molar-refractivity contribution in [3.63, 3.8) is 0 Å². The van der Waals surface area contributed by atoms with Crippen molar-refractivity contribution in [3.05, 3.63) is 0 Å². The lowest BCUT2D eigenvalue weighted by atomic mass is 9.89. The largest absolute Gasteiger partial charge is 0.437 e. The third-order valence-corrected chi connectivity index (χ3v) is 4.94. The van der Waals surface area contributed by atoms with Crippen molar-refractivity contribution < 1.29 is 61.8 Å². The minimum atomic E-state index is -7.27. The van der Waals surface area contributed by atoms with Crippen molar-refractivity contribution in [1.29, 1.82) is 0 Å².